The van der Waals surface area contributed by atoms with Gasteiger partial charge >= 0.3 is 0 Å². The number of hydrogen-bond donors (Lipinski definition) is 0. The van der Waals surface area contributed by atoms with Crippen molar-refractivity contribution in [3.63, 3.8) is 0 Å². The summed E-state index contributed by atoms with van der Waals surface area (Å²) in [7, 11) is 0. The summed E-state index contributed by atoms with van der Waals surface area (Å²) in [4.78, 5) is 11.6. The number of carbonyl (C=O) groups is 1. The van der Waals surface area contributed by atoms with Gasteiger partial charge in [0.1, 0.15) is 0 Å². The largest absolute Gasteiger partial charge is 0.294 e. The van der Waals surface area contributed by atoms with Crippen LogP contribution in [-0.2, 0) is 6.42 Å². The van der Waals surface area contributed by atoms with E-state index in [1.54, 1.807) is 0 Å². The normalized spacial score (nSPS) is 20.7. The minimum atomic E-state index is 0.320. The third kappa shape index (κ3) is 1.47. The van der Waals surface area contributed by atoms with Gasteiger partial charge in [-0.1, -0.05) is 32.0 Å². The molecule has 1 aliphatic carbocycles. The molecule has 1 atom stereocenters. The van der Waals surface area contributed by atoms with Crippen molar-refractivity contribution in [1.29, 1.82) is 0 Å². The van der Waals surface area contributed by atoms with Gasteiger partial charge in [0.2, 0.25) is 0 Å². The lowest BCUT2D eigenvalue weighted by Gasteiger charge is -2.21. The Morgan fingerprint density at radius 3 is 2.93 bits per heavy atom. The summed E-state index contributed by atoms with van der Waals surface area (Å²) in [6, 6.07) is 6.29. The van der Waals surface area contributed by atoms with Crippen LogP contribution in [0.15, 0.2) is 18.2 Å². The minimum Gasteiger partial charge on any atom is -0.294 e. The molecule has 1 unspecified atom stereocenters. The van der Waals surface area contributed by atoms with Gasteiger partial charge in [-0.15, -0.1) is 0 Å². The molecule has 14 heavy (non-hydrogen) atoms. The average molecular weight is 188 g/mol. The number of rotatable bonds is 1. The van der Waals surface area contributed by atoms with E-state index in [0.717, 1.165) is 24.8 Å². The van der Waals surface area contributed by atoms with E-state index < -0.39 is 0 Å². The topological polar surface area (TPSA) is 17.1 Å². The van der Waals surface area contributed by atoms with Crippen LogP contribution in [0.5, 0.6) is 0 Å². The molecule has 2 rings (SSSR count). The molecule has 0 fully saturated rings. The Morgan fingerprint density at radius 2 is 2.21 bits per heavy atom. The molecule has 1 nitrogen and oxygen atoms in total. The highest BCUT2D eigenvalue weighted by molar-refractivity contribution is 5.98. The summed E-state index contributed by atoms with van der Waals surface area (Å²) in [5.74, 6) is 0.870. The van der Waals surface area contributed by atoms with Gasteiger partial charge in [0.15, 0.2) is 5.78 Å². The van der Waals surface area contributed by atoms with Gasteiger partial charge in [-0.25, -0.2) is 0 Å². The zero-order valence-electron chi connectivity index (χ0n) is 8.84. The average Bonchev–Trinajstić information content (AvgIpc) is 2.23. The Balaban J connectivity index is 2.50. The lowest BCUT2D eigenvalue weighted by atomic mass is 9.82. The maximum absolute atomic E-state index is 11.6. The monoisotopic (exact) mass is 188 g/mol. The molecule has 0 saturated heterocycles. The fourth-order valence-electron chi connectivity index (χ4n) is 2.13. The van der Waals surface area contributed by atoms with Crippen molar-refractivity contribution in [3.05, 3.63) is 34.9 Å². The molecule has 1 aliphatic rings. The van der Waals surface area contributed by atoms with Gasteiger partial charge in [-0.2, -0.15) is 0 Å². The van der Waals surface area contributed by atoms with Crippen LogP contribution in [0.25, 0.3) is 0 Å². The molecule has 0 saturated carbocycles. The zero-order valence-corrected chi connectivity index (χ0v) is 8.84. The second kappa shape index (κ2) is 3.56. The summed E-state index contributed by atoms with van der Waals surface area (Å²) in [5.41, 5.74) is 3.56. The first-order valence-corrected chi connectivity index (χ1v) is 5.38. The Labute approximate surface area is 85.1 Å². The molecule has 0 N–H and O–H groups in total. The molecular weight excluding hydrogens is 172 g/mol. The maximum Gasteiger partial charge on any atom is 0.163 e. The predicted octanol–water partition coefficient (Wildman–Crippen LogP) is 3.33. The van der Waals surface area contributed by atoms with E-state index in [0.29, 0.717) is 11.7 Å². The molecule has 0 aromatic heterocycles. The molecule has 0 heterocycles. The predicted molar refractivity (Wildman–Crippen MR) is 57.8 cm³/mol. The number of aryl methyl sites for hydroxylation is 1. The fourth-order valence-corrected chi connectivity index (χ4v) is 2.13. The van der Waals surface area contributed by atoms with E-state index in [-0.39, 0.29) is 0 Å². The van der Waals surface area contributed by atoms with Crippen molar-refractivity contribution in [2.45, 2.75) is 39.0 Å². The number of ketones is 1. The number of Topliss-reactive ketones (excluding diaryl/α,β-unsaturated/α-hetero) is 1. The molecule has 0 spiro atoms. The van der Waals surface area contributed by atoms with Crippen molar-refractivity contribution in [2.24, 2.45) is 0 Å². The Morgan fingerprint density at radius 1 is 1.43 bits per heavy atom. The molecule has 1 aromatic rings. The summed E-state index contributed by atoms with van der Waals surface area (Å²) >= 11 is 0. The molecule has 74 valence electrons. The highest BCUT2D eigenvalue weighted by Crippen LogP contribution is 2.31. The smallest absolute Gasteiger partial charge is 0.163 e. The number of benzene rings is 1. The van der Waals surface area contributed by atoms with Gasteiger partial charge in [-0.3, -0.25) is 4.79 Å². The van der Waals surface area contributed by atoms with Gasteiger partial charge < -0.3 is 0 Å². The third-order valence-electron chi connectivity index (χ3n) is 3.16. The van der Waals surface area contributed by atoms with E-state index in [1.165, 1.54) is 11.1 Å². The van der Waals surface area contributed by atoms with Gasteiger partial charge in [0, 0.05) is 12.0 Å². The Bertz CT molecular complexity index is 365. The standard InChI is InChI=1S/C13H16O/c1-3-10-5-6-11-12(8-10)9(2)4-7-13(11)14/h5-6,8-9H,3-4,7H2,1-2H3. The maximum atomic E-state index is 11.6. The first-order valence-electron chi connectivity index (χ1n) is 5.38. The SMILES string of the molecule is CCc1ccc2c(c1)C(C)CCC2=O. The van der Waals surface area contributed by atoms with Gasteiger partial charge in [-0.05, 0) is 29.9 Å². The van der Waals surface area contributed by atoms with Crippen molar-refractivity contribution in [3.8, 4) is 0 Å². The lowest BCUT2D eigenvalue weighted by Crippen LogP contribution is -2.14. The van der Waals surface area contributed by atoms with Crippen LogP contribution in [0.3, 0.4) is 0 Å². The first kappa shape index (κ1) is 9.45. The van der Waals surface area contributed by atoms with E-state index in [2.05, 4.69) is 26.0 Å². The second-order valence-electron chi connectivity index (χ2n) is 4.14. The molecule has 0 radical (unpaired) electrons. The van der Waals surface area contributed by atoms with E-state index in [1.807, 2.05) is 6.07 Å². The Hall–Kier alpha value is -1.11. The first-order chi connectivity index (χ1) is 6.72. The van der Waals surface area contributed by atoms with E-state index >= 15 is 0 Å². The Kier molecular flexibility index (Phi) is 2.40. The van der Waals surface area contributed by atoms with Crippen molar-refractivity contribution >= 4 is 5.78 Å². The number of carbonyl (C=O) groups excluding carboxylic acids is 1. The summed E-state index contributed by atoms with van der Waals surface area (Å²) < 4.78 is 0. The lowest BCUT2D eigenvalue weighted by molar-refractivity contribution is 0.0968. The summed E-state index contributed by atoms with van der Waals surface area (Å²) in [5, 5.41) is 0. The van der Waals surface area contributed by atoms with Crippen molar-refractivity contribution in [2.75, 3.05) is 0 Å². The minimum absolute atomic E-state index is 0.320. The quantitative estimate of drug-likeness (QED) is 0.660. The molecule has 1 aromatic carbocycles. The summed E-state index contributed by atoms with van der Waals surface area (Å²) in [6.07, 6.45) is 2.78. The van der Waals surface area contributed by atoms with Crippen LogP contribution in [-0.4, -0.2) is 5.78 Å². The van der Waals surface area contributed by atoms with Crippen LogP contribution in [0.4, 0.5) is 0 Å². The zero-order chi connectivity index (χ0) is 10.1. The van der Waals surface area contributed by atoms with Crippen LogP contribution in [0.2, 0.25) is 0 Å². The third-order valence-corrected chi connectivity index (χ3v) is 3.16. The number of fused-ring (bicyclic) bond motifs is 1. The van der Waals surface area contributed by atoms with Crippen LogP contribution < -0.4 is 0 Å². The molecule has 0 bridgehead atoms. The number of hydrogen-bond acceptors (Lipinski definition) is 1. The van der Waals surface area contributed by atoms with Crippen molar-refractivity contribution in [1.82, 2.24) is 0 Å². The van der Waals surface area contributed by atoms with E-state index in [9.17, 15) is 4.79 Å². The van der Waals surface area contributed by atoms with Gasteiger partial charge in [0.05, 0.1) is 0 Å². The molecule has 0 amide bonds. The summed E-state index contributed by atoms with van der Waals surface area (Å²) in [6.45, 7) is 4.36. The second-order valence-corrected chi connectivity index (χ2v) is 4.14. The van der Waals surface area contributed by atoms with E-state index in [4.69, 9.17) is 0 Å². The van der Waals surface area contributed by atoms with Crippen LogP contribution in [0, 0.1) is 0 Å². The fraction of sp³-hybridized carbons (Fsp3) is 0.462. The highest BCUT2D eigenvalue weighted by atomic mass is 16.1. The van der Waals surface area contributed by atoms with Crippen molar-refractivity contribution < 1.29 is 4.79 Å². The molecule has 0 aliphatic heterocycles. The van der Waals surface area contributed by atoms with Gasteiger partial charge in [0.25, 0.3) is 0 Å². The van der Waals surface area contributed by atoms with Crippen LogP contribution in [0.1, 0.15) is 54.1 Å². The highest BCUT2D eigenvalue weighted by Gasteiger charge is 2.22. The molecule has 1 heteroatoms. The molecular formula is C13H16O. The van der Waals surface area contributed by atoms with Crippen LogP contribution >= 0.6 is 0 Å².